The molecule has 112 valence electrons. The highest BCUT2D eigenvalue weighted by Crippen LogP contribution is 2.20. The minimum absolute atomic E-state index is 0.0486. The average Bonchev–Trinajstić information content (AvgIpc) is 2.39. The molecule has 0 saturated carbocycles. The number of amides is 1. The molecule has 6 heteroatoms. The monoisotopic (exact) mass is 279 g/mol. The predicted octanol–water partition coefficient (Wildman–Crippen LogP) is 1.80. The molecule has 0 aliphatic heterocycles. The van der Waals surface area contributed by atoms with Crippen LogP contribution in [0.2, 0.25) is 0 Å². The van der Waals surface area contributed by atoms with Crippen molar-refractivity contribution in [3.63, 3.8) is 0 Å². The fraction of sp³-hybridized carbons (Fsp3) is 0.643. The molecule has 1 aromatic heterocycles. The maximum Gasteiger partial charge on any atom is 0.221 e. The zero-order chi connectivity index (χ0) is 15.0. The summed E-state index contributed by atoms with van der Waals surface area (Å²) in [7, 11) is 1.85. The van der Waals surface area contributed by atoms with Crippen molar-refractivity contribution in [1.29, 1.82) is 0 Å². The third-order valence-corrected chi connectivity index (χ3v) is 2.78. The molecule has 0 fully saturated rings. The van der Waals surface area contributed by atoms with Crippen molar-refractivity contribution in [3.8, 4) is 0 Å². The van der Waals surface area contributed by atoms with Gasteiger partial charge in [0.2, 0.25) is 5.91 Å². The largest absolute Gasteiger partial charge is 0.373 e. The van der Waals surface area contributed by atoms with Crippen molar-refractivity contribution < 1.29 is 4.79 Å². The van der Waals surface area contributed by atoms with Crippen LogP contribution in [0.5, 0.6) is 0 Å². The molecular formula is C14H25N5O. The molecule has 0 aliphatic carbocycles. The van der Waals surface area contributed by atoms with E-state index >= 15 is 0 Å². The van der Waals surface area contributed by atoms with Gasteiger partial charge in [-0.3, -0.25) is 4.79 Å². The second-order valence-electron chi connectivity index (χ2n) is 4.95. The van der Waals surface area contributed by atoms with Crippen LogP contribution in [0.1, 0.15) is 39.2 Å². The van der Waals surface area contributed by atoms with Crippen molar-refractivity contribution in [2.45, 2.75) is 46.1 Å². The second kappa shape index (κ2) is 8.35. The Kier molecular flexibility index (Phi) is 6.76. The van der Waals surface area contributed by atoms with Gasteiger partial charge in [0, 0.05) is 31.6 Å². The third-order valence-electron chi connectivity index (χ3n) is 2.78. The number of aromatic nitrogens is 2. The molecular weight excluding hydrogens is 254 g/mol. The topological polar surface area (TPSA) is 78.9 Å². The van der Waals surface area contributed by atoms with Crippen molar-refractivity contribution in [3.05, 3.63) is 11.9 Å². The molecule has 1 aromatic rings. The minimum atomic E-state index is 0.0486. The summed E-state index contributed by atoms with van der Waals surface area (Å²) in [6, 6.07) is 0.174. The summed E-state index contributed by atoms with van der Waals surface area (Å²) in [5.41, 5.74) is 1.07. The lowest BCUT2D eigenvalue weighted by atomic mass is 10.1. The van der Waals surface area contributed by atoms with Crippen molar-refractivity contribution in [1.82, 2.24) is 15.3 Å². The van der Waals surface area contributed by atoms with E-state index in [9.17, 15) is 4.79 Å². The van der Waals surface area contributed by atoms with E-state index in [1.54, 1.807) is 0 Å². The van der Waals surface area contributed by atoms with E-state index in [4.69, 9.17) is 0 Å². The van der Waals surface area contributed by atoms with Gasteiger partial charge in [-0.2, -0.15) is 0 Å². The van der Waals surface area contributed by atoms with Crippen LogP contribution in [0.15, 0.2) is 6.33 Å². The molecule has 0 aromatic carbocycles. The normalized spacial score (nSPS) is 10.4. The number of nitrogens with zero attached hydrogens (tertiary/aromatic N) is 2. The molecule has 1 rings (SSSR count). The first-order valence-corrected chi connectivity index (χ1v) is 7.13. The SMILES string of the molecule is CCCc1c(NC)ncnc1NCCC(=O)NC(C)C. The Bertz CT molecular complexity index is 434. The first kappa shape index (κ1) is 16.2. The lowest BCUT2D eigenvalue weighted by Gasteiger charge is -2.14. The van der Waals surface area contributed by atoms with Crippen LogP contribution in [-0.2, 0) is 11.2 Å². The Morgan fingerprint density at radius 2 is 2.00 bits per heavy atom. The summed E-state index contributed by atoms with van der Waals surface area (Å²) in [4.78, 5) is 20.1. The highest BCUT2D eigenvalue weighted by Gasteiger charge is 2.10. The van der Waals surface area contributed by atoms with E-state index in [0.717, 1.165) is 30.0 Å². The summed E-state index contributed by atoms with van der Waals surface area (Å²) in [6.07, 6.45) is 3.88. The van der Waals surface area contributed by atoms with Crippen molar-refractivity contribution >= 4 is 17.5 Å². The molecule has 1 heterocycles. The average molecular weight is 279 g/mol. The predicted molar refractivity (Wildman–Crippen MR) is 82.0 cm³/mol. The molecule has 6 nitrogen and oxygen atoms in total. The number of hydrogen-bond acceptors (Lipinski definition) is 5. The van der Waals surface area contributed by atoms with Crippen LogP contribution in [-0.4, -0.2) is 35.5 Å². The third kappa shape index (κ3) is 5.03. The molecule has 3 N–H and O–H groups in total. The lowest BCUT2D eigenvalue weighted by molar-refractivity contribution is -0.121. The van der Waals surface area contributed by atoms with Gasteiger partial charge in [0.05, 0.1) is 0 Å². The number of carbonyl (C=O) groups is 1. The van der Waals surface area contributed by atoms with Gasteiger partial charge < -0.3 is 16.0 Å². The van der Waals surface area contributed by atoms with Crippen LogP contribution in [0.3, 0.4) is 0 Å². The number of rotatable bonds is 8. The zero-order valence-corrected chi connectivity index (χ0v) is 12.8. The van der Waals surface area contributed by atoms with E-state index in [1.807, 2.05) is 20.9 Å². The van der Waals surface area contributed by atoms with E-state index in [0.29, 0.717) is 13.0 Å². The minimum Gasteiger partial charge on any atom is -0.373 e. The fourth-order valence-corrected chi connectivity index (χ4v) is 1.96. The Hall–Kier alpha value is -1.85. The molecule has 0 atom stereocenters. The fourth-order valence-electron chi connectivity index (χ4n) is 1.96. The molecule has 0 spiro atoms. The Balaban J connectivity index is 2.61. The van der Waals surface area contributed by atoms with Gasteiger partial charge in [-0.05, 0) is 20.3 Å². The molecule has 0 saturated heterocycles. The van der Waals surface area contributed by atoms with E-state index < -0.39 is 0 Å². The van der Waals surface area contributed by atoms with Gasteiger partial charge in [0.15, 0.2) is 0 Å². The maximum absolute atomic E-state index is 11.6. The Morgan fingerprint density at radius 3 is 2.60 bits per heavy atom. The Morgan fingerprint density at radius 1 is 1.30 bits per heavy atom. The van der Waals surface area contributed by atoms with Gasteiger partial charge >= 0.3 is 0 Å². The number of carbonyl (C=O) groups excluding carboxylic acids is 1. The zero-order valence-electron chi connectivity index (χ0n) is 12.8. The summed E-state index contributed by atoms with van der Waals surface area (Å²) < 4.78 is 0. The van der Waals surface area contributed by atoms with Crippen LogP contribution < -0.4 is 16.0 Å². The summed E-state index contributed by atoms with van der Waals surface area (Å²) >= 11 is 0. The quantitative estimate of drug-likeness (QED) is 0.676. The van der Waals surface area contributed by atoms with Crippen molar-refractivity contribution in [2.24, 2.45) is 0 Å². The first-order chi connectivity index (χ1) is 9.58. The maximum atomic E-state index is 11.6. The van der Waals surface area contributed by atoms with Gasteiger partial charge in [0.1, 0.15) is 18.0 Å². The smallest absolute Gasteiger partial charge is 0.221 e. The summed E-state index contributed by atoms with van der Waals surface area (Å²) in [5.74, 6) is 1.70. The molecule has 20 heavy (non-hydrogen) atoms. The summed E-state index contributed by atoms with van der Waals surface area (Å²) in [6.45, 7) is 6.59. The van der Waals surface area contributed by atoms with Crippen LogP contribution in [0, 0.1) is 0 Å². The molecule has 1 amide bonds. The standard InChI is InChI=1S/C14H25N5O/c1-5-6-11-13(15-4)17-9-18-14(11)16-8-7-12(20)19-10(2)3/h9-10H,5-8H2,1-4H3,(H,19,20)(H2,15,16,17,18). The van der Waals surface area contributed by atoms with Gasteiger partial charge in [-0.1, -0.05) is 13.3 Å². The number of nitrogens with one attached hydrogen (secondary N) is 3. The molecule has 0 unspecified atom stereocenters. The number of anilines is 2. The Labute approximate surface area is 120 Å². The highest BCUT2D eigenvalue weighted by molar-refractivity contribution is 5.76. The first-order valence-electron chi connectivity index (χ1n) is 7.13. The van der Waals surface area contributed by atoms with E-state index in [2.05, 4.69) is 32.8 Å². The van der Waals surface area contributed by atoms with Crippen LogP contribution >= 0.6 is 0 Å². The number of hydrogen-bond donors (Lipinski definition) is 3. The van der Waals surface area contributed by atoms with Crippen LogP contribution in [0.4, 0.5) is 11.6 Å². The highest BCUT2D eigenvalue weighted by atomic mass is 16.1. The van der Waals surface area contributed by atoms with Gasteiger partial charge in [0.25, 0.3) is 0 Å². The molecule has 0 bridgehead atoms. The molecule has 0 aliphatic rings. The van der Waals surface area contributed by atoms with Gasteiger partial charge in [-0.15, -0.1) is 0 Å². The van der Waals surface area contributed by atoms with Crippen molar-refractivity contribution in [2.75, 3.05) is 24.2 Å². The summed E-state index contributed by atoms with van der Waals surface area (Å²) in [5, 5.41) is 9.17. The second-order valence-corrected chi connectivity index (χ2v) is 4.95. The lowest BCUT2D eigenvalue weighted by Crippen LogP contribution is -2.31. The van der Waals surface area contributed by atoms with E-state index in [1.165, 1.54) is 6.33 Å². The van der Waals surface area contributed by atoms with Crippen LogP contribution in [0.25, 0.3) is 0 Å². The van der Waals surface area contributed by atoms with Gasteiger partial charge in [-0.25, -0.2) is 9.97 Å². The van der Waals surface area contributed by atoms with E-state index in [-0.39, 0.29) is 11.9 Å². The molecule has 0 radical (unpaired) electrons.